The van der Waals surface area contributed by atoms with E-state index < -0.39 is 6.04 Å². The van der Waals surface area contributed by atoms with Crippen LogP contribution < -0.4 is 5.73 Å². The number of esters is 1. The third kappa shape index (κ3) is 2.51. The van der Waals surface area contributed by atoms with E-state index in [1.807, 2.05) is 30.0 Å². The van der Waals surface area contributed by atoms with Crippen molar-refractivity contribution in [3.05, 3.63) is 29.3 Å². The zero-order chi connectivity index (χ0) is 10.8. The number of hydrogen-bond donors (Lipinski definition) is 1. The van der Waals surface area contributed by atoms with Crippen LogP contribution >= 0.6 is 24.2 Å². The minimum Gasteiger partial charge on any atom is -0.468 e. The Morgan fingerprint density at radius 2 is 2.31 bits per heavy atom. The van der Waals surface area contributed by atoms with Crippen molar-refractivity contribution in [2.24, 2.45) is 5.73 Å². The van der Waals surface area contributed by atoms with Crippen LogP contribution in [0.15, 0.2) is 23.1 Å². The van der Waals surface area contributed by atoms with Crippen LogP contribution in [-0.2, 0) is 16.0 Å². The van der Waals surface area contributed by atoms with E-state index in [9.17, 15) is 4.79 Å². The molecule has 2 N–H and O–H groups in total. The molecule has 1 aliphatic heterocycles. The maximum Gasteiger partial charge on any atom is 0.327 e. The van der Waals surface area contributed by atoms with Crippen molar-refractivity contribution in [3.63, 3.8) is 0 Å². The summed E-state index contributed by atoms with van der Waals surface area (Å²) in [6.45, 7) is 0. The van der Waals surface area contributed by atoms with Crippen LogP contribution in [0.4, 0.5) is 0 Å². The van der Waals surface area contributed by atoms with Crippen molar-refractivity contribution < 1.29 is 9.53 Å². The normalized spacial score (nSPS) is 14.9. The van der Waals surface area contributed by atoms with E-state index in [0.29, 0.717) is 0 Å². The second-order valence-electron chi connectivity index (χ2n) is 3.47. The number of nitrogens with two attached hydrogens (primary N) is 1. The highest BCUT2D eigenvalue weighted by Crippen LogP contribution is 2.32. The van der Waals surface area contributed by atoms with Crippen LogP contribution in [0.3, 0.4) is 0 Å². The molecule has 16 heavy (non-hydrogen) atoms. The van der Waals surface area contributed by atoms with E-state index in [1.54, 1.807) is 0 Å². The molecule has 0 aromatic heterocycles. The summed E-state index contributed by atoms with van der Waals surface area (Å²) in [5, 5.41) is 0. The van der Waals surface area contributed by atoms with E-state index in [2.05, 4.69) is 4.74 Å². The summed E-state index contributed by atoms with van der Waals surface area (Å²) < 4.78 is 4.62. The van der Waals surface area contributed by atoms with E-state index in [1.165, 1.54) is 17.6 Å². The molecule has 3 nitrogen and oxygen atoms in total. The number of methoxy groups -OCH3 is 1. The molecule has 0 amide bonds. The number of aryl methyl sites for hydroxylation is 1. The standard InChI is InChI=1S/C11H13NO2S.ClH/c1-14-11(13)10(12)8-2-3-9-7(6-8)4-5-15-9;/h2-3,6,10H,4-5,12H2,1H3;1H. The second kappa shape index (κ2) is 5.57. The monoisotopic (exact) mass is 259 g/mol. The summed E-state index contributed by atoms with van der Waals surface area (Å²) in [5.74, 6) is 0.729. The predicted molar refractivity (Wildman–Crippen MR) is 67.1 cm³/mol. The third-order valence-electron chi connectivity index (χ3n) is 2.53. The number of hydrogen-bond acceptors (Lipinski definition) is 4. The minimum atomic E-state index is -0.661. The van der Waals surface area contributed by atoms with Gasteiger partial charge in [-0.05, 0) is 23.6 Å². The molecular formula is C11H14ClNO2S. The Morgan fingerprint density at radius 3 is 3.00 bits per heavy atom. The number of carbonyl (C=O) groups excluding carboxylic acids is 1. The van der Waals surface area contributed by atoms with Gasteiger partial charge >= 0.3 is 5.97 Å². The summed E-state index contributed by atoms with van der Waals surface area (Å²) in [6, 6.07) is 5.28. The summed E-state index contributed by atoms with van der Waals surface area (Å²) in [5.41, 5.74) is 7.89. The smallest absolute Gasteiger partial charge is 0.327 e. The van der Waals surface area contributed by atoms with Gasteiger partial charge in [0, 0.05) is 10.6 Å². The molecule has 1 aromatic carbocycles. The van der Waals surface area contributed by atoms with Crippen molar-refractivity contribution in [1.29, 1.82) is 0 Å². The average molecular weight is 260 g/mol. The van der Waals surface area contributed by atoms with Crippen molar-refractivity contribution in [2.75, 3.05) is 12.9 Å². The van der Waals surface area contributed by atoms with Gasteiger partial charge in [-0.2, -0.15) is 0 Å². The number of fused-ring (bicyclic) bond motifs is 1. The number of benzene rings is 1. The number of halogens is 1. The Balaban J connectivity index is 0.00000128. The first-order chi connectivity index (χ1) is 7.22. The zero-order valence-corrected chi connectivity index (χ0v) is 10.6. The Morgan fingerprint density at radius 1 is 1.56 bits per heavy atom. The van der Waals surface area contributed by atoms with Gasteiger partial charge in [0.15, 0.2) is 0 Å². The highest BCUT2D eigenvalue weighted by Gasteiger charge is 2.19. The van der Waals surface area contributed by atoms with Crippen molar-refractivity contribution in [2.45, 2.75) is 17.4 Å². The zero-order valence-electron chi connectivity index (χ0n) is 8.93. The SMILES string of the molecule is COC(=O)C(N)c1ccc2c(c1)CCS2.Cl. The molecule has 1 heterocycles. The summed E-state index contributed by atoms with van der Waals surface area (Å²) >= 11 is 1.85. The lowest BCUT2D eigenvalue weighted by atomic mass is 10.0. The molecule has 88 valence electrons. The van der Waals surface area contributed by atoms with Gasteiger partial charge in [-0.3, -0.25) is 4.79 Å². The lowest BCUT2D eigenvalue weighted by Gasteiger charge is -2.10. The highest BCUT2D eigenvalue weighted by molar-refractivity contribution is 7.99. The van der Waals surface area contributed by atoms with Crippen LogP contribution in [0.5, 0.6) is 0 Å². The van der Waals surface area contributed by atoms with Crippen LogP contribution in [0, 0.1) is 0 Å². The molecule has 1 atom stereocenters. The fourth-order valence-corrected chi connectivity index (χ4v) is 2.72. The maximum atomic E-state index is 11.3. The lowest BCUT2D eigenvalue weighted by molar-refractivity contribution is -0.142. The molecule has 0 radical (unpaired) electrons. The first-order valence-corrected chi connectivity index (χ1v) is 5.80. The Kier molecular flexibility index (Phi) is 4.65. The third-order valence-corrected chi connectivity index (χ3v) is 3.65. The van der Waals surface area contributed by atoms with E-state index >= 15 is 0 Å². The maximum absolute atomic E-state index is 11.3. The van der Waals surface area contributed by atoms with Crippen LogP contribution in [-0.4, -0.2) is 18.8 Å². The van der Waals surface area contributed by atoms with Gasteiger partial charge in [0.25, 0.3) is 0 Å². The summed E-state index contributed by atoms with van der Waals surface area (Å²) in [7, 11) is 1.35. The topological polar surface area (TPSA) is 52.3 Å². The summed E-state index contributed by atoms with van der Waals surface area (Å²) in [4.78, 5) is 12.6. The largest absolute Gasteiger partial charge is 0.468 e. The Hall–Kier alpha value is -0.710. The van der Waals surface area contributed by atoms with Gasteiger partial charge < -0.3 is 10.5 Å². The molecule has 1 aromatic rings. The lowest BCUT2D eigenvalue weighted by Crippen LogP contribution is -2.22. The molecule has 5 heteroatoms. The van der Waals surface area contributed by atoms with Gasteiger partial charge in [-0.25, -0.2) is 0 Å². The number of ether oxygens (including phenoxy) is 1. The van der Waals surface area contributed by atoms with Gasteiger partial charge in [-0.1, -0.05) is 12.1 Å². The first kappa shape index (κ1) is 13.4. The highest BCUT2D eigenvalue weighted by atomic mass is 35.5. The molecule has 1 unspecified atom stereocenters. The second-order valence-corrected chi connectivity index (χ2v) is 4.60. The number of thioether (sulfide) groups is 1. The molecule has 0 aliphatic carbocycles. The first-order valence-electron chi connectivity index (χ1n) is 4.81. The molecule has 0 saturated heterocycles. The van der Waals surface area contributed by atoms with Gasteiger partial charge in [0.1, 0.15) is 6.04 Å². The number of carbonyl (C=O) groups is 1. The van der Waals surface area contributed by atoms with Crippen LogP contribution in [0.25, 0.3) is 0 Å². The number of rotatable bonds is 2. The summed E-state index contributed by atoms with van der Waals surface area (Å²) in [6.07, 6.45) is 1.06. The van der Waals surface area contributed by atoms with E-state index in [4.69, 9.17) is 5.73 Å². The van der Waals surface area contributed by atoms with Crippen molar-refractivity contribution in [3.8, 4) is 0 Å². The molecule has 2 rings (SSSR count). The van der Waals surface area contributed by atoms with Crippen molar-refractivity contribution in [1.82, 2.24) is 0 Å². The fourth-order valence-electron chi connectivity index (χ4n) is 1.66. The fraction of sp³-hybridized carbons (Fsp3) is 0.364. The van der Waals surface area contributed by atoms with Crippen LogP contribution in [0.2, 0.25) is 0 Å². The minimum absolute atomic E-state index is 0. The van der Waals surface area contributed by atoms with Gasteiger partial charge in [-0.15, -0.1) is 24.2 Å². The van der Waals surface area contributed by atoms with Gasteiger partial charge in [0.05, 0.1) is 7.11 Å². The van der Waals surface area contributed by atoms with Crippen LogP contribution in [0.1, 0.15) is 17.2 Å². The quantitative estimate of drug-likeness (QED) is 0.825. The molecule has 1 aliphatic rings. The Labute approximate surface area is 105 Å². The molecule has 0 spiro atoms. The molecular weight excluding hydrogens is 246 g/mol. The molecule has 0 saturated carbocycles. The molecule has 0 fully saturated rings. The molecule has 0 bridgehead atoms. The van der Waals surface area contributed by atoms with E-state index in [0.717, 1.165) is 17.7 Å². The van der Waals surface area contributed by atoms with Gasteiger partial charge in [0.2, 0.25) is 0 Å². The average Bonchev–Trinajstić information content (AvgIpc) is 2.73. The predicted octanol–water partition coefficient (Wildman–Crippen LogP) is 1.93. The van der Waals surface area contributed by atoms with E-state index in [-0.39, 0.29) is 18.4 Å². The Bertz CT molecular complexity index is 398. The van der Waals surface area contributed by atoms with Crippen molar-refractivity contribution >= 4 is 30.1 Å².